The van der Waals surface area contributed by atoms with E-state index in [9.17, 15) is 0 Å². The Morgan fingerprint density at radius 3 is 2.60 bits per heavy atom. The first-order chi connectivity index (χ1) is 9.72. The number of aryl methyl sites for hydroxylation is 1. The maximum Gasteiger partial charge on any atom is 0.109 e. The van der Waals surface area contributed by atoms with Crippen LogP contribution in [0.3, 0.4) is 0 Å². The van der Waals surface area contributed by atoms with Gasteiger partial charge in [0, 0.05) is 31.4 Å². The Morgan fingerprint density at radius 2 is 1.95 bits per heavy atom. The minimum atomic E-state index is 0.308. The highest BCUT2D eigenvalue weighted by Gasteiger charge is 2.16. The normalized spacial score (nSPS) is 12.8. The first kappa shape index (κ1) is 14.8. The van der Waals surface area contributed by atoms with E-state index in [1.807, 2.05) is 6.20 Å². The summed E-state index contributed by atoms with van der Waals surface area (Å²) in [6, 6.07) is 11.5. The van der Waals surface area contributed by atoms with Gasteiger partial charge in [0.05, 0.1) is 6.04 Å². The predicted molar refractivity (Wildman–Crippen MR) is 83.9 cm³/mol. The molecular weight excluding hydrogens is 246 g/mol. The van der Waals surface area contributed by atoms with E-state index in [4.69, 9.17) is 0 Å². The van der Waals surface area contributed by atoms with Crippen LogP contribution < -0.4 is 5.32 Å². The minimum Gasteiger partial charge on any atom is -0.326 e. The van der Waals surface area contributed by atoms with Crippen LogP contribution in [0.15, 0.2) is 42.7 Å². The zero-order valence-electron chi connectivity index (χ0n) is 12.7. The monoisotopic (exact) mass is 271 g/mol. The van der Waals surface area contributed by atoms with Crippen LogP contribution in [-0.2, 0) is 6.42 Å². The fourth-order valence-electron chi connectivity index (χ4n) is 2.44. The molecule has 0 saturated heterocycles. The third-order valence-electron chi connectivity index (χ3n) is 3.46. The summed E-state index contributed by atoms with van der Waals surface area (Å²) in [5, 5.41) is 3.55. The molecule has 0 saturated carbocycles. The van der Waals surface area contributed by atoms with Crippen LogP contribution in [0.1, 0.15) is 44.6 Å². The Labute approximate surface area is 122 Å². The van der Waals surface area contributed by atoms with Crippen LogP contribution in [0.2, 0.25) is 0 Å². The van der Waals surface area contributed by atoms with Gasteiger partial charge in [-0.2, -0.15) is 0 Å². The number of nitrogens with one attached hydrogen (secondary N) is 1. The molecule has 1 unspecified atom stereocenters. The standard InChI is InChI=1S/C17H25N3/c1-4-8-17-18-11-12-20(17)16(13-19-14(2)3)15-9-6-5-7-10-15/h5-7,9-12,14,16,19H,4,8,13H2,1-3H3. The quantitative estimate of drug-likeness (QED) is 0.836. The fourth-order valence-corrected chi connectivity index (χ4v) is 2.44. The zero-order valence-corrected chi connectivity index (χ0v) is 12.7. The lowest BCUT2D eigenvalue weighted by Gasteiger charge is -2.23. The average Bonchev–Trinajstić information content (AvgIpc) is 2.89. The fraction of sp³-hybridized carbons (Fsp3) is 0.471. The van der Waals surface area contributed by atoms with Crippen molar-refractivity contribution in [2.24, 2.45) is 0 Å². The van der Waals surface area contributed by atoms with Crippen LogP contribution in [0.4, 0.5) is 0 Å². The SMILES string of the molecule is CCCc1nccn1C(CNC(C)C)c1ccccc1. The van der Waals surface area contributed by atoms with Crippen LogP contribution in [-0.4, -0.2) is 22.1 Å². The second kappa shape index (κ2) is 7.25. The summed E-state index contributed by atoms with van der Waals surface area (Å²) in [5.41, 5.74) is 1.33. The lowest BCUT2D eigenvalue weighted by molar-refractivity contribution is 0.474. The van der Waals surface area contributed by atoms with Crippen molar-refractivity contribution in [3.8, 4) is 0 Å². The molecule has 0 bridgehead atoms. The summed E-state index contributed by atoms with van der Waals surface area (Å²) in [6.07, 6.45) is 6.16. The average molecular weight is 271 g/mol. The Hall–Kier alpha value is -1.61. The molecule has 3 nitrogen and oxygen atoms in total. The van der Waals surface area contributed by atoms with Gasteiger partial charge >= 0.3 is 0 Å². The Balaban J connectivity index is 2.28. The first-order valence-corrected chi connectivity index (χ1v) is 7.52. The zero-order chi connectivity index (χ0) is 14.4. The molecule has 3 heteroatoms. The lowest BCUT2D eigenvalue weighted by atomic mass is 10.1. The maximum absolute atomic E-state index is 4.51. The van der Waals surface area contributed by atoms with E-state index >= 15 is 0 Å². The van der Waals surface area contributed by atoms with Gasteiger partial charge < -0.3 is 9.88 Å². The predicted octanol–water partition coefficient (Wildman–Crippen LogP) is 3.42. The van der Waals surface area contributed by atoms with Crippen molar-refractivity contribution in [1.29, 1.82) is 0 Å². The molecule has 1 aromatic carbocycles. The van der Waals surface area contributed by atoms with E-state index in [1.165, 1.54) is 11.4 Å². The first-order valence-electron chi connectivity index (χ1n) is 7.52. The highest BCUT2D eigenvalue weighted by atomic mass is 15.1. The maximum atomic E-state index is 4.51. The molecule has 1 heterocycles. The molecule has 0 fully saturated rings. The van der Waals surface area contributed by atoms with E-state index in [0.717, 1.165) is 19.4 Å². The molecule has 2 rings (SSSR count). The smallest absolute Gasteiger partial charge is 0.109 e. The molecule has 0 aliphatic heterocycles. The number of aromatic nitrogens is 2. The van der Waals surface area contributed by atoms with Crippen molar-refractivity contribution in [2.75, 3.05) is 6.54 Å². The van der Waals surface area contributed by atoms with Crippen LogP contribution in [0, 0.1) is 0 Å². The van der Waals surface area contributed by atoms with Gasteiger partial charge in [-0.05, 0) is 12.0 Å². The number of nitrogens with zero attached hydrogens (tertiary/aromatic N) is 2. The number of hydrogen-bond donors (Lipinski definition) is 1. The van der Waals surface area contributed by atoms with Crippen molar-refractivity contribution in [1.82, 2.24) is 14.9 Å². The van der Waals surface area contributed by atoms with Crippen molar-refractivity contribution in [2.45, 2.75) is 45.7 Å². The number of rotatable bonds is 7. The van der Waals surface area contributed by atoms with Gasteiger partial charge in [0.25, 0.3) is 0 Å². The summed E-state index contributed by atoms with van der Waals surface area (Å²) >= 11 is 0. The highest BCUT2D eigenvalue weighted by Crippen LogP contribution is 2.20. The molecule has 0 radical (unpaired) electrons. The highest BCUT2D eigenvalue weighted by molar-refractivity contribution is 5.21. The van der Waals surface area contributed by atoms with Gasteiger partial charge in [0.1, 0.15) is 5.82 Å². The van der Waals surface area contributed by atoms with Crippen LogP contribution in [0.25, 0.3) is 0 Å². The van der Waals surface area contributed by atoms with Crippen LogP contribution in [0.5, 0.6) is 0 Å². The summed E-state index contributed by atoms with van der Waals surface area (Å²) in [5.74, 6) is 1.17. The molecule has 1 aromatic heterocycles. The largest absolute Gasteiger partial charge is 0.326 e. The summed E-state index contributed by atoms with van der Waals surface area (Å²) < 4.78 is 2.31. The van der Waals surface area contributed by atoms with Crippen molar-refractivity contribution in [3.63, 3.8) is 0 Å². The molecule has 108 valence electrons. The Bertz CT molecular complexity index is 502. The van der Waals surface area contributed by atoms with Crippen molar-refractivity contribution < 1.29 is 0 Å². The number of benzene rings is 1. The van der Waals surface area contributed by atoms with Gasteiger partial charge in [0.2, 0.25) is 0 Å². The Morgan fingerprint density at radius 1 is 1.20 bits per heavy atom. The van der Waals surface area contributed by atoms with Gasteiger partial charge in [-0.25, -0.2) is 4.98 Å². The van der Waals surface area contributed by atoms with Crippen LogP contribution >= 0.6 is 0 Å². The molecule has 0 spiro atoms. The lowest BCUT2D eigenvalue weighted by Crippen LogP contribution is -2.31. The van der Waals surface area contributed by atoms with Gasteiger partial charge in [-0.1, -0.05) is 51.1 Å². The summed E-state index contributed by atoms with van der Waals surface area (Å²) in [4.78, 5) is 4.51. The Kier molecular flexibility index (Phi) is 5.36. The molecule has 20 heavy (non-hydrogen) atoms. The second-order valence-corrected chi connectivity index (χ2v) is 5.49. The molecular formula is C17H25N3. The second-order valence-electron chi connectivity index (χ2n) is 5.49. The minimum absolute atomic E-state index is 0.308. The molecule has 0 aliphatic rings. The van der Waals surface area contributed by atoms with Gasteiger partial charge in [-0.3, -0.25) is 0 Å². The van der Waals surface area contributed by atoms with Gasteiger partial charge in [0.15, 0.2) is 0 Å². The van der Waals surface area contributed by atoms with E-state index < -0.39 is 0 Å². The molecule has 1 N–H and O–H groups in total. The van der Waals surface area contributed by atoms with Gasteiger partial charge in [-0.15, -0.1) is 0 Å². The topological polar surface area (TPSA) is 29.9 Å². The molecule has 0 aliphatic carbocycles. The van der Waals surface area contributed by atoms with Crippen molar-refractivity contribution >= 4 is 0 Å². The van der Waals surface area contributed by atoms with Crippen molar-refractivity contribution in [3.05, 3.63) is 54.1 Å². The number of imidazole rings is 1. The summed E-state index contributed by atoms with van der Waals surface area (Å²) in [6.45, 7) is 7.49. The van der Waals surface area contributed by atoms with E-state index in [-0.39, 0.29) is 0 Å². The number of hydrogen-bond acceptors (Lipinski definition) is 2. The van der Waals surface area contributed by atoms with E-state index in [1.54, 1.807) is 0 Å². The molecule has 2 aromatic rings. The summed E-state index contributed by atoms with van der Waals surface area (Å²) in [7, 11) is 0. The van der Waals surface area contributed by atoms with E-state index in [0.29, 0.717) is 12.1 Å². The molecule has 0 amide bonds. The van der Waals surface area contributed by atoms with E-state index in [2.05, 4.69) is 72.2 Å². The molecule has 1 atom stereocenters. The third kappa shape index (κ3) is 3.70. The third-order valence-corrected chi connectivity index (χ3v) is 3.46.